The number of rotatable bonds is 9. The van der Waals surface area contributed by atoms with Gasteiger partial charge in [0.05, 0.1) is 5.75 Å². The molecule has 0 bridgehead atoms. The van der Waals surface area contributed by atoms with E-state index in [9.17, 15) is 4.79 Å². The van der Waals surface area contributed by atoms with E-state index in [1.807, 2.05) is 6.20 Å². The highest BCUT2D eigenvalue weighted by molar-refractivity contribution is 7.99. The molecule has 1 aromatic heterocycles. The summed E-state index contributed by atoms with van der Waals surface area (Å²) in [4.78, 5) is 17.4. The summed E-state index contributed by atoms with van der Waals surface area (Å²) in [6.45, 7) is 10.6. The molecule has 6 heteroatoms. The second-order valence-corrected chi connectivity index (χ2v) is 6.82. The van der Waals surface area contributed by atoms with Crippen molar-refractivity contribution in [2.24, 2.45) is 0 Å². The van der Waals surface area contributed by atoms with Crippen molar-refractivity contribution in [2.75, 3.05) is 19.3 Å². The Balaban J connectivity index is 2.72. The predicted octanol–water partition coefficient (Wildman–Crippen LogP) is 2.91. The minimum absolute atomic E-state index is 0.0560. The molecule has 1 aromatic rings. The molecule has 120 valence electrons. The molecule has 0 unspecified atom stereocenters. The number of hydrogen-bond acceptors (Lipinski definition) is 4. The van der Waals surface area contributed by atoms with Crippen molar-refractivity contribution in [3.63, 3.8) is 0 Å². The smallest absolute Gasteiger partial charge is 0.313 e. The molecule has 0 saturated carbocycles. The van der Waals surface area contributed by atoms with E-state index in [1.165, 1.54) is 17.5 Å². The van der Waals surface area contributed by atoms with Crippen LogP contribution in [-0.2, 0) is 11.3 Å². The Kier molecular flexibility index (Phi) is 7.25. The van der Waals surface area contributed by atoms with Crippen LogP contribution in [0.2, 0.25) is 0 Å². The number of nitrogens with zero attached hydrogens (tertiary/aromatic N) is 3. The summed E-state index contributed by atoms with van der Waals surface area (Å²) in [6, 6.07) is 0.540. The van der Waals surface area contributed by atoms with Crippen molar-refractivity contribution in [3.8, 4) is 0 Å². The summed E-state index contributed by atoms with van der Waals surface area (Å²) in [5.41, 5.74) is 1.18. The number of imidazole rings is 1. The summed E-state index contributed by atoms with van der Waals surface area (Å²) >= 11 is 1.30. The maximum Gasteiger partial charge on any atom is 0.313 e. The molecule has 0 fully saturated rings. The van der Waals surface area contributed by atoms with Crippen LogP contribution < -0.4 is 0 Å². The average molecular weight is 313 g/mol. The van der Waals surface area contributed by atoms with Gasteiger partial charge in [-0.1, -0.05) is 25.6 Å². The van der Waals surface area contributed by atoms with E-state index in [0.29, 0.717) is 12.0 Å². The van der Waals surface area contributed by atoms with Gasteiger partial charge in [-0.15, -0.1) is 0 Å². The molecule has 0 aliphatic rings. The van der Waals surface area contributed by atoms with Gasteiger partial charge in [-0.25, -0.2) is 4.98 Å². The topological polar surface area (TPSA) is 58.4 Å². The lowest BCUT2D eigenvalue weighted by molar-refractivity contribution is -0.133. The lowest BCUT2D eigenvalue weighted by atomic mass is 10.1. The zero-order valence-corrected chi connectivity index (χ0v) is 14.5. The van der Waals surface area contributed by atoms with E-state index < -0.39 is 5.97 Å². The Hall–Kier alpha value is -1.01. The first-order chi connectivity index (χ1) is 9.82. The number of aromatic nitrogens is 2. The van der Waals surface area contributed by atoms with Gasteiger partial charge < -0.3 is 14.6 Å². The van der Waals surface area contributed by atoms with Gasteiger partial charge in [0.15, 0.2) is 5.16 Å². The standard InChI is InChI=1S/C15H27N3O2S/c1-11(2)13-9-16-15(21-10-14(19)20)18(13)8-6-7-17(5)12(3)4/h9,11-12H,6-8,10H2,1-5H3,(H,19,20). The fourth-order valence-electron chi connectivity index (χ4n) is 2.03. The second kappa shape index (κ2) is 8.44. The molecule has 21 heavy (non-hydrogen) atoms. The van der Waals surface area contributed by atoms with Crippen LogP contribution in [0.25, 0.3) is 0 Å². The first kappa shape index (κ1) is 18.0. The van der Waals surface area contributed by atoms with Gasteiger partial charge in [-0.3, -0.25) is 4.79 Å². The monoisotopic (exact) mass is 313 g/mol. The number of carbonyl (C=O) groups is 1. The highest BCUT2D eigenvalue weighted by Gasteiger charge is 2.14. The zero-order chi connectivity index (χ0) is 16.0. The maximum atomic E-state index is 10.7. The SMILES string of the molecule is CC(C)c1cnc(SCC(=O)O)n1CCCN(C)C(C)C. The fraction of sp³-hybridized carbons (Fsp3) is 0.733. The minimum atomic E-state index is -0.805. The van der Waals surface area contributed by atoms with Gasteiger partial charge in [0.2, 0.25) is 0 Å². The molecule has 1 heterocycles. The quantitative estimate of drug-likeness (QED) is 0.710. The van der Waals surface area contributed by atoms with Crippen LogP contribution >= 0.6 is 11.8 Å². The first-order valence-corrected chi connectivity index (χ1v) is 8.41. The van der Waals surface area contributed by atoms with Crippen molar-refractivity contribution < 1.29 is 9.90 Å². The summed E-state index contributed by atoms with van der Waals surface area (Å²) in [5.74, 6) is -0.361. The maximum absolute atomic E-state index is 10.7. The molecule has 0 aliphatic heterocycles. The van der Waals surface area contributed by atoms with Gasteiger partial charge in [-0.05, 0) is 39.8 Å². The van der Waals surface area contributed by atoms with Gasteiger partial charge in [0.1, 0.15) is 0 Å². The summed E-state index contributed by atoms with van der Waals surface area (Å²) in [6.07, 6.45) is 2.91. The van der Waals surface area contributed by atoms with Crippen molar-refractivity contribution in [2.45, 2.75) is 57.8 Å². The second-order valence-electron chi connectivity index (χ2n) is 5.88. The van der Waals surface area contributed by atoms with Crippen LogP contribution in [0.1, 0.15) is 45.7 Å². The Labute approximate surface area is 131 Å². The lowest BCUT2D eigenvalue weighted by Crippen LogP contribution is -2.28. The Morgan fingerprint density at radius 3 is 2.62 bits per heavy atom. The summed E-state index contributed by atoms with van der Waals surface area (Å²) in [7, 11) is 2.13. The predicted molar refractivity (Wildman–Crippen MR) is 87.1 cm³/mol. The molecule has 0 aromatic carbocycles. The van der Waals surface area contributed by atoms with Crippen LogP contribution in [0, 0.1) is 0 Å². The zero-order valence-electron chi connectivity index (χ0n) is 13.7. The van der Waals surface area contributed by atoms with Gasteiger partial charge in [0, 0.05) is 24.5 Å². The van der Waals surface area contributed by atoms with Crippen molar-refractivity contribution in [3.05, 3.63) is 11.9 Å². The number of thioether (sulfide) groups is 1. The molecular weight excluding hydrogens is 286 g/mol. The van der Waals surface area contributed by atoms with E-state index in [2.05, 4.69) is 49.2 Å². The van der Waals surface area contributed by atoms with E-state index in [4.69, 9.17) is 5.11 Å². The third kappa shape index (κ3) is 5.71. The number of hydrogen-bond donors (Lipinski definition) is 1. The molecule has 0 atom stereocenters. The van der Waals surface area contributed by atoms with Crippen LogP contribution in [-0.4, -0.2) is 50.9 Å². The Morgan fingerprint density at radius 2 is 2.10 bits per heavy atom. The number of carboxylic acids is 1. The van der Waals surface area contributed by atoms with Crippen molar-refractivity contribution >= 4 is 17.7 Å². The molecule has 5 nitrogen and oxygen atoms in total. The Bertz CT molecular complexity index is 458. The fourth-order valence-corrected chi connectivity index (χ4v) is 2.77. The molecule has 0 amide bonds. The van der Waals surface area contributed by atoms with E-state index in [-0.39, 0.29) is 5.75 Å². The molecular formula is C15H27N3O2S. The molecule has 0 saturated heterocycles. The normalized spacial score (nSPS) is 11.8. The summed E-state index contributed by atoms with van der Waals surface area (Å²) < 4.78 is 2.17. The summed E-state index contributed by atoms with van der Waals surface area (Å²) in [5, 5.41) is 9.64. The largest absolute Gasteiger partial charge is 0.481 e. The Morgan fingerprint density at radius 1 is 1.43 bits per heavy atom. The van der Waals surface area contributed by atoms with Crippen LogP contribution in [0.3, 0.4) is 0 Å². The van der Waals surface area contributed by atoms with Crippen LogP contribution in [0.15, 0.2) is 11.4 Å². The van der Waals surface area contributed by atoms with Gasteiger partial charge in [0.25, 0.3) is 0 Å². The highest BCUT2D eigenvalue weighted by Crippen LogP contribution is 2.23. The van der Waals surface area contributed by atoms with Gasteiger partial charge in [-0.2, -0.15) is 0 Å². The molecule has 0 radical (unpaired) electrons. The van der Waals surface area contributed by atoms with Crippen LogP contribution in [0.5, 0.6) is 0 Å². The number of carboxylic acid groups (broad SMARTS) is 1. The first-order valence-electron chi connectivity index (χ1n) is 7.43. The third-order valence-electron chi connectivity index (χ3n) is 3.54. The van der Waals surface area contributed by atoms with E-state index in [1.54, 1.807) is 0 Å². The highest BCUT2D eigenvalue weighted by atomic mass is 32.2. The average Bonchev–Trinajstić information content (AvgIpc) is 2.79. The third-order valence-corrected chi connectivity index (χ3v) is 4.52. The van der Waals surface area contributed by atoms with E-state index >= 15 is 0 Å². The van der Waals surface area contributed by atoms with Gasteiger partial charge >= 0.3 is 5.97 Å². The molecule has 0 spiro atoms. The van der Waals surface area contributed by atoms with Crippen molar-refractivity contribution in [1.82, 2.24) is 14.5 Å². The molecule has 1 rings (SSSR count). The molecule has 1 N–H and O–H groups in total. The van der Waals surface area contributed by atoms with Crippen molar-refractivity contribution in [1.29, 1.82) is 0 Å². The molecule has 0 aliphatic carbocycles. The minimum Gasteiger partial charge on any atom is -0.481 e. The van der Waals surface area contributed by atoms with E-state index in [0.717, 1.165) is 24.7 Å². The van der Waals surface area contributed by atoms with Crippen LogP contribution in [0.4, 0.5) is 0 Å². The number of aliphatic carboxylic acids is 1. The lowest BCUT2D eigenvalue weighted by Gasteiger charge is -2.21.